The topological polar surface area (TPSA) is 89.5 Å². The molecule has 8 nitrogen and oxygen atoms in total. The first kappa shape index (κ1) is 32.5. The molecule has 0 aromatic rings. The Hall–Kier alpha value is -0.740. The van der Waals surface area contributed by atoms with Crippen LogP contribution in [0.3, 0.4) is 0 Å². The molecule has 0 aromatic heterocycles. The molecule has 0 N–H and O–H groups in total. The Kier molecular flexibility index (Phi) is 14.4. The lowest BCUT2D eigenvalue weighted by Crippen LogP contribution is -2.44. The van der Waals surface area contributed by atoms with Gasteiger partial charge in [0.15, 0.2) is 11.6 Å². The Bertz CT molecular complexity index is 651. The summed E-state index contributed by atoms with van der Waals surface area (Å²) in [6.07, 6.45) is 9.68. The van der Waals surface area contributed by atoms with Crippen molar-refractivity contribution in [3.63, 3.8) is 0 Å². The molecule has 0 amide bonds. The zero-order valence-electron chi connectivity index (χ0n) is 23.4. The first-order valence-corrected chi connectivity index (χ1v) is 15.4. The molecule has 4 rings (SSSR count). The maximum absolute atomic E-state index is 12.2. The Balaban J connectivity index is 0.000000230. The van der Waals surface area contributed by atoms with Gasteiger partial charge in [0, 0.05) is 31.0 Å². The first-order valence-electron chi connectivity index (χ1n) is 14.3. The van der Waals surface area contributed by atoms with Crippen molar-refractivity contribution < 1.29 is 38.0 Å². The van der Waals surface area contributed by atoms with Crippen molar-refractivity contribution in [2.75, 3.05) is 45.0 Å². The summed E-state index contributed by atoms with van der Waals surface area (Å²) in [7, 11) is 0. The second kappa shape index (κ2) is 16.4. The van der Waals surface area contributed by atoms with Crippen LogP contribution in [0.25, 0.3) is 0 Å². The Morgan fingerprint density at radius 2 is 1.19 bits per heavy atom. The molecule has 2 saturated carbocycles. The molecule has 9 heteroatoms. The molecule has 0 unspecified atom stereocenters. The summed E-state index contributed by atoms with van der Waals surface area (Å²) in [6, 6.07) is 0. The van der Waals surface area contributed by atoms with Gasteiger partial charge in [-0.3, -0.25) is 9.59 Å². The van der Waals surface area contributed by atoms with Gasteiger partial charge in [0.05, 0.1) is 51.0 Å². The molecule has 0 aromatic carbocycles. The monoisotopic (exact) mass is 592 g/mol. The number of esters is 2. The molecule has 2 heterocycles. The van der Waals surface area contributed by atoms with Crippen LogP contribution >= 0.6 is 15.9 Å². The summed E-state index contributed by atoms with van der Waals surface area (Å²) < 4.78 is 32.9. The van der Waals surface area contributed by atoms with Crippen LogP contribution in [0.1, 0.15) is 98.3 Å². The molecule has 2 saturated heterocycles. The van der Waals surface area contributed by atoms with E-state index in [1.807, 2.05) is 13.8 Å². The van der Waals surface area contributed by atoms with Crippen molar-refractivity contribution in [3.05, 3.63) is 0 Å². The minimum absolute atomic E-state index is 0.0281. The van der Waals surface area contributed by atoms with E-state index in [-0.39, 0.29) is 29.1 Å². The van der Waals surface area contributed by atoms with E-state index in [0.717, 1.165) is 69.5 Å². The Labute approximate surface area is 231 Å². The van der Waals surface area contributed by atoms with Gasteiger partial charge in [0.25, 0.3) is 0 Å². The molecule has 216 valence electrons. The number of carbonyl (C=O) groups excluding carboxylic acids is 2. The number of halogens is 1. The van der Waals surface area contributed by atoms with Crippen LogP contribution in [0.15, 0.2) is 0 Å². The molecule has 37 heavy (non-hydrogen) atoms. The summed E-state index contributed by atoms with van der Waals surface area (Å²) in [5.74, 6) is -0.819. The van der Waals surface area contributed by atoms with E-state index in [1.54, 1.807) is 0 Å². The third-order valence-electron chi connectivity index (χ3n) is 7.59. The summed E-state index contributed by atoms with van der Waals surface area (Å²) in [6.45, 7) is 11.6. The van der Waals surface area contributed by atoms with E-state index >= 15 is 0 Å². The van der Waals surface area contributed by atoms with Crippen molar-refractivity contribution in [1.29, 1.82) is 0 Å². The van der Waals surface area contributed by atoms with Gasteiger partial charge >= 0.3 is 11.9 Å². The second-order valence-electron chi connectivity index (χ2n) is 10.2. The van der Waals surface area contributed by atoms with Crippen LogP contribution < -0.4 is 0 Å². The minimum Gasteiger partial charge on any atom is -0.466 e. The second-order valence-corrected chi connectivity index (χ2v) is 11.0. The first-order chi connectivity index (χ1) is 17.8. The lowest BCUT2D eigenvalue weighted by atomic mass is 9.69. The van der Waals surface area contributed by atoms with Crippen molar-refractivity contribution in [2.45, 2.75) is 110 Å². The van der Waals surface area contributed by atoms with Gasteiger partial charge in [-0.05, 0) is 52.4 Å². The molecular weight excluding hydrogens is 544 g/mol. The molecular formula is C28H49BrO8. The van der Waals surface area contributed by atoms with Crippen molar-refractivity contribution >= 4 is 27.9 Å². The zero-order chi connectivity index (χ0) is 27.2. The summed E-state index contributed by atoms with van der Waals surface area (Å²) >= 11 is 3.25. The van der Waals surface area contributed by atoms with Crippen molar-refractivity contribution in [2.24, 2.45) is 11.3 Å². The van der Waals surface area contributed by atoms with Crippen LogP contribution in [0.4, 0.5) is 0 Å². The smallest absolute Gasteiger partial charge is 0.312 e. The summed E-state index contributed by atoms with van der Waals surface area (Å²) in [4.78, 5) is 23.7. The highest BCUT2D eigenvalue weighted by Crippen LogP contribution is 2.47. The van der Waals surface area contributed by atoms with Gasteiger partial charge in [-0.2, -0.15) is 0 Å². The SMILES string of the molecule is CCCBr.CCCC1(C(=O)OCC)CCC2(CC1)OCCO2.CCOC(=O)C1CCC2(CC1)OCCO2. The molecule has 2 spiro atoms. The van der Waals surface area contributed by atoms with Crippen LogP contribution in [-0.4, -0.2) is 68.5 Å². The van der Waals surface area contributed by atoms with Crippen LogP contribution in [0, 0.1) is 11.3 Å². The maximum atomic E-state index is 12.2. The van der Waals surface area contributed by atoms with E-state index in [4.69, 9.17) is 28.4 Å². The normalized spacial score (nSPS) is 24.9. The molecule has 0 atom stereocenters. The summed E-state index contributed by atoms with van der Waals surface area (Å²) in [5.41, 5.74) is -0.300. The van der Waals surface area contributed by atoms with Gasteiger partial charge in [-0.15, -0.1) is 0 Å². The van der Waals surface area contributed by atoms with Crippen LogP contribution in [0.5, 0.6) is 0 Å². The number of rotatable bonds is 7. The molecule has 2 aliphatic heterocycles. The Morgan fingerprint density at radius 1 is 0.730 bits per heavy atom. The molecule has 4 fully saturated rings. The van der Waals surface area contributed by atoms with E-state index < -0.39 is 5.79 Å². The van der Waals surface area contributed by atoms with Gasteiger partial charge in [-0.25, -0.2) is 0 Å². The largest absolute Gasteiger partial charge is 0.466 e. The molecule has 4 aliphatic rings. The predicted molar refractivity (Wildman–Crippen MR) is 144 cm³/mol. The average Bonchev–Trinajstić information content (AvgIpc) is 3.57. The standard InChI is InChI=1S/C14H24O4.C11H18O4.C3H7Br/c1-3-5-13(12(15)16-4-2)6-8-14(9-7-13)17-10-11-18-14;1-2-13-10(12)9-3-5-11(6-4-9)14-7-8-15-11;1-2-3-4/h3-11H2,1-2H3;9H,2-8H2,1H3;2-3H2,1H3. The van der Waals surface area contributed by atoms with Gasteiger partial charge in [0.2, 0.25) is 0 Å². The number of carbonyl (C=O) groups is 2. The third kappa shape index (κ3) is 9.45. The van der Waals surface area contributed by atoms with E-state index in [1.165, 1.54) is 6.42 Å². The lowest BCUT2D eigenvalue weighted by Gasteiger charge is -2.41. The highest BCUT2D eigenvalue weighted by Gasteiger charge is 2.50. The fourth-order valence-corrected chi connectivity index (χ4v) is 5.55. The van der Waals surface area contributed by atoms with E-state index in [9.17, 15) is 9.59 Å². The maximum Gasteiger partial charge on any atom is 0.312 e. The number of hydrogen-bond acceptors (Lipinski definition) is 8. The van der Waals surface area contributed by atoms with Crippen LogP contribution in [-0.2, 0) is 38.0 Å². The molecule has 0 radical (unpaired) electrons. The van der Waals surface area contributed by atoms with Gasteiger partial charge < -0.3 is 28.4 Å². The molecule has 2 aliphatic carbocycles. The predicted octanol–water partition coefficient (Wildman–Crippen LogP) is 5.93. The van der Waals surface area contributed by atoms with Gasteiger partial charge in [0.1, 0.15) is 0 Å². The quantitative estimate of drug-likeness (QED) is 0.265. The fourth-order valence-electron chi connectivity index (χ4n) is 5.55. The average molecular weight is 594 g/mol. The highest BCUT2D eigenvalue weighted by molar-refractivity contribution is 9.09. The summed E-state index contributed by atoms with van der Waals surface area (Å²) in [5, 5.41) is 1.13. The van der Waals surface area contributed by atoms with Crippen molar-refractivity contribution in [1.82, 2.24) is 0 Å². The van der Waals surface area contributed by atoms with E-state index in [2.05, 4.69) is 29.8 Å². The lowest BCUT2D eigenvalue weighted by molar-refractivity contribution is -0.200. The Morgan fingerprint density at radius 3 is 1.59 bits per heavy atom. The minimum atomic E-state index is -0.399. The highest BCUT2D eigenvalue weighted by atomic mass is 79.9. The van der Waals surface area contributed by atoms with Gasteiger partial charge in [-0.1, -0.05) is 36.2 Å². The zero-order valence-corrected chi connectivity index (χ0v) is 25.0. The number of ether oxygens (including phenoxy) is 6. The fraction of sp³-hybridized carbons (Fsp3) is 0.929. The third-order valence-corrected chi connectivity index (χ3v) is 8.38. The number of hydrogen-bond donors (Lipinski definition) is 0. The number of alkyl halides is 1. The van der Waals surface area contributed by atoms with E-state index in [0.29, 0.717) is 39.6 Å². The molecule has 0 bridgehead atoms. The van der Waals surface area contributed by atoms with Crippen molar-refractivity contribution in [3.8, 4) is 0 Å². The van der Waals surface area contributed by atoms with Crippen LogP contribution in [0.2, 0.25) is 0 Å².